The van der Waals surface area contributed by atoms with E-state index in [1.807, 2.05) is 0 Å². The van der Waals surface area contributed by atoms with Gasteiger partial charge in [-0.05, 0) is 0 Å². The molecule has 1 unspecified atom stereocenters. The summed E-state index contributed by atoms with van der Waals surface area (Å²) in [6.45, 7) is 6.24. The number of nitrogens with two attached hydrogens (primary N) is 1. The van der Waals surface area contributed by atoms with E-state index in [1.54, 1.807) is 10.8 Å². The third-order valence-electron chi connectivity index (χ3n) is 0.874. The number of hydrogen-bond acceptors (Lipinski definition) is 4. The van der Waals surface area contributed by atoms with Crippen molar-refractivity contribution in [3.8, 4) is 0 Å². The zero-order chi connectivity index (χ0) is 9.78. The van der Waals surface area contributed by atoms with Crippen molar-refractivity contribution < 1.29 is 15.4 Å². The summed E-state index contributed by atoms with van der Waals surface area (Å²) >= 11 is 0. The molecule has 0 aromatic rings. The second-order valence-corrected chi connectivity index (χ2v) is 6.59. The third kappa shape index (κ3) is 10.0. The summed E-state index contributed by atoms with van der Waals surface area (Å²) in [6.07, 6.45) is 0. The number of hydrogen-bond donors (Lipinski definition) is 2. The molecule has 0 rings (SSSR count). The van der Waals surface area contributed by atoms with Crippen LogP contribution in [0.3, 0.4) is 0 Å². The third-order valence-corrected chi connectivity index (χ3v) is 4.25. The molecule has 0 aliphatic heterocycles. The van der Waals surface area contributed by atoms with Crippen LogP contribution < -0.4 is 5.73 Å². The van der Waals surface area contributed by atoms with E-state index >= 15 is 0 Å². The minimum absolute atomic E-state index is 0. The van der Waals surface area contributed by atoms with Crippen molar-refractivity contribution in [2.24, 2.45) is 5.73 Å². The quantitative estimate of drug-likeness (QED) is 0.691. The van der Waals surface area contributed by atoms with E-state index in [4.69, 9.17) is 10.8 Å². The average Bonchev–Trinajstić information content (AvgIpc) is 1.84. The highest BCUT2D eigenvalue weighted by Gasteiger charge is 2.15. The minimum Gasteiger partial charge on any atom is -0.480 e. The molecule has 0 spiro atoms. The van der Waals surface area contributed by atoms with Crippen LogP contribution in [0, 0.1) is 0 Å². The highest BCUT2D eigenvalue weighted by molar-refractivity contribution is 8.77. The Balaban J connectivity index is 0. The van der Waals surface area contributed by atoms with Crippen molar-refractivity contribution in [1.29, 1.82) is 0 Å². The maximum absolute atomic E-state index is 10.3. The van der Waals surface area contributed by atoms with Crippen molar-refractivity contribution in [2.45, 2.75) is 31.6 Å². The molecule has 80 valence electrons. The molecule has 6 heteroatoms. The van der Waals surface area contributed by atoms with Crippen LogP contribution in [0.25, 0.3) is 0 Å². The smallest absolute Gasteiger partial charge is 0.321 e. The molecule has 0 bridgehead atoms. The molecule has 0 amide bonds. The van der Waals surface area contributed by atoms with Gasteiger partial charge in [-0.15, -0.1) is 0 Å². The summed E-state index contributed by atoms with van der Waals surface area (Å²) in [6, 6.07) is -0.746. The van der Waals surface area contributed by atoms with Gasteiger partial charge in [0.1, 0.15) is 6.04 Å². The zero-order valence-corrected chi connectivity index (χ0v) is 9.67. The first-order valence-corrected chi connectivity index (χ1v) is 5.94. The molecule has 4 nitrogen and oxygen atoms in total. The lowest BCUT2D eigenvalue weighted by Gasteiger charge is -2.16. The van der Waals surface area contributed by atoms with Gasteiger partial charge in [-0.25, -0.2) is 0 Å². The maximum atomic E-state index is 10.3. The van der Waals surface area contributed by atoms with E-state index < -0.39 is 12.0 Å². The lowest BCUT2D eigenvalue weighted by Crippen LogP contribution is -2.32. The SMILES string of the molecule is CC(C)(C)SSCC(N)C(=O)O.O. The zero-order valence-electron chi connectivity index (χ0n) is 8.03. The Hall–Kier alpha value is 0.0900. The Labute approximate surface area is 86.4 Å². The minimum atomic E-state index is -0.933. The molecular weight excluding hydrogens is 210 g/mol. The Kier molecular flexibility index (Phi) is 7.81. The Morgan fingerprint density at radius 3 is 2.31 bits per heavy atom. The topological polar surface area (TPSA) is 94.8 Å². The number of carboxylic acid groups (broad SMARTS) is 1. The maximum Gasteiger partial charge on any atom is 0.321 e. The largest absolute Gasteiger partial charge is 0.480 e. The van der Waals surface area contributed by atoms with Crippen LogP contribution in [0.15, 0.2) is 0 Å². The molecule has 13 heavy (non-hydrogen) atoms. The highest BCUT2D eigenvalue weighted by Crippen LogP contribution is 2.34. The first-order valence-electron chi connectivity index (χ1n) is 3.62. The number of carboxylic acids is 1. The molecule has 0 saturated carbocycles. The second-order valence-electron chi connectivity index (χ2n) is 3.42. The van der Waals surface area contributed by atoms with E-state index in [0.717, 1.165) is 0 Å². The molecule has 0 fully saturated rings. The highest BCUT2D eigenvalue weighted by atomic mass is 33.1. The fraction of sp³-hybridized carbons (Fsp3) is 0.857. The fourth-order valence-corrected chi connectivity index (χ4v) is 2.77. The molecule has 0 heterocycles. The van der Waals surface area contributed by atoms with Gasteiger partial charge in [-0.1, -0.05) is 42.4 Å². The summed E-state index contributed by atoms with van der Waals surface area (Å²) in [4.78, 5) is 10.3. The molecular formula is C7H17NO3S2. The molecule has 0 saturated heterocycles. The van der Waals surface area contributed by atoms with E-state index in [9.17, 15) is 4.79 Å². The Bertz CT molecular complexity index is 158. The van der Waals surface area contributed by atoms with Gasteiger partial charge in [0, 0.05) is 10.5 Å². The van der Waals surface area contributed by atoms with Gasteiger partial charge in [0.2, 0.25) is 0 Å². The van der Waals surface area contributed by atoms with Gasteiger partial charge in [0.05, 0.1) is 0 Å². The standard InChI is InChI=1S/C7H15NO2S2.H2O/c1-7(2,3)12-11-4-5(8)6(9)10;/h5H,4,8H2,1-3H3,(H,9,10);1H2. The lowest BCUT2D eigenvalue weighted by atomic mass is 10.3. The van der Waals surface area contributed by atoms with Crippen LogP contribution >= 0.6 is 21.6 Å². The summed E-state index contributed by atoms with van der Waals surface area (Å²) in [5.41, 5.74) is 5.31. The van der Waals surface area contributed by atoms with E-state index in [0.29, 0.717) is 5.75 Å². The van der Waals surface area contributed by atoms with Crippen LogP contribution in [0.1, 0.15) is 20.8 Å². The first-order chi connectivity index (χ1) is 5.33. The number of rotatable bonds is 4. The van der Waals surface area contributed by atoms with Crippen molar-refractivity contribution in [2.75, 3.05) is 5.75 Å². The van der Waals surface area contributed by atoms with Gasteiger partial charge in [-0.3, -0.25) is 4.79 Å². The number of carbonyl (C=O) groups is 1. The fourth-order valence-electron chi connectivity index (χ4n) is 0.355. The van der Waals surface area contributed by atoms with Crippen LogP contribution in [0.5, 0.6) is 0 Å². The normalized spacial score (nSPS) is 13.2. The summed E-state index contributed by atoms with van der Waals surface area (Å²) in [5.74, 6) is -0.478. The van der Waals surface area contributed by atoms with Gasteiger partial charge < -0.3 is 16.3 Å². The summed E-state index contributed by atoms with van der Waals surface area (Å²) in [5, 5.41) is 8.46. The van der Waals surface area contributed by atoms with Crippen LogP contribution in [0.4, 0.5) is 0 Å². The van der Waals surface area contributed by atoms with Crippen molar-refractivity contribution >= 4 is 27.6 Å². The van der Waals surface area contributed by atoms with E-state index in [1.165, 1.54) is 10.8 Å². The Morgan fingerprint density at radius 2 is 2.00 bits per heavy atom. The van der Waals surface area contributed by atoms with Gasteiger partial charge in [-0.2, -0.15) is 0 Å². The first kappa shape index (κ1) is 15.6. The van der Waals surface area contributed by atoms with Crippen LogP contribution in [0.2, 0.25) is 0 Å². The Morgan fingerprint density at radius 1 is 1.54 bits per heavy atom. The summed E-state index contributed by atoms with van der Waals surface area (Å²) in [7, 11) is 3.16. The average molecular weight is 227 g/mol. The van der Waals surface area contributed by atoms with E-state index in [2.05, 4.69) is 20.8 Å². The monoisotopic (exact) mass is 227 g/mol. The predicted molar refractivity (Wildman–Crippen MR) is 59.0 cm³/mol. The summed E-state index contributed by atoms with van der Waals surface area (Å²) < 4.78 is 0.156. The van der Waals surface area contributed by atoms with Gasteiger partial charge in [0.25, 0.3) is 0 Å². The van der Waals surface area contributed by atoms with Gasteiger partial charge in [0.15, 0.2) is 0 Å². The van der Waals surface area contributed by atoms with Crippen molar-refractivity contribution in [3.63, 3.8) is 0 Å². The van der Waals surface area contributed by atoms with Crippen LogP contribution in [-0.2, 0) is 4.79 Å². The van der Waals surface area contributed by atoms with Crippen LogP contribution in [-0.4, -0.2) is 33.1 Å². The molecule has 0 aromatic carbocycles. The molecule has 0 aromatic heterocycles. The molecule has 0 aliphatic rings. The number of aliphatic carboxylic acids is 1. The second kappa shape index (κ2) is 6.53. The van der Waals surface area contributed by atoms with Crippen molar-refractivity contribution in [1.82, 2.24) is 0 Å². The lowest BCUT2D eigenvalue weighted by molar-refractivity contribution is -0.137. The predicted octanol–water partition coefficient (Wildman–Crippen LogP) is 0.754. The molecule has 1 atom stereocenters. The molecule has 0 radical (unpaired) electrons. The van der Waals surface area contributed by atoms with E-state index in [-0.39, 0.29) is 10.2 Å². The molecule has 0 aliphatic carbocycles. The van der Waals surface area contributed by atoms with Gasteiger partial charge >= 0.3 is 5.97 Å². The molecule has 5 N–H and O–H groups in total. The van der Waals surface area contributed by atoms with Crippen molar-refractivity contribution in [3.05, 3.63) is 0 Å².